The smallest absolute Gasteiger partial charge is 0.274 e. The molecule has 0 saturated carbocycles. The average Bonchev–Trinajstić information content (AvgIpc) is 3.00. The maximum atomic E-state index is 12.8. The second kappa shape index (κ2) is 5.63. The van der Waals surface area contributed by atoms with Crippen molar-refractivity contribution in [1.29, 1.82) is 0 Å². The monoisotopic (exact) mass is 287 g/mol. The highest BCUT2D eigenvalue weighted by Gasteiger charge is 2.30. The quantitative estimate of drug-likeness (QED) is 0.887. The first-order chi connectivity index (χ1) is 10.2. The number of nitrogens with two attached hydrogens (primary N) is 1. The van der Waals surface area contributed by atoms with Crippen molar-refractivity contribution in [2.45, 2.75) is 31.7 Å². The number of nitrogens with one attached hydrogen (secondary N) is 1. The minimum Gasteiger partial charge on any atom is -0.396 e. The molecule has 0 radical (unpaired) electrons. The lowest BCUT2D eigenvalue weighted by molar-refractivity contribution is 0.0669. The Hall–Kier alpha value is -2.24. The zero-order valence-corrected chi connectivity index (χ0v) is 12.2. The predicted octanol–water partition coefficient (Wildman–Crippen LogP) is 2.09. The van der Waals surface area contributed by atoms with E-state index in [0.29, 0.717) is 11.4 Å². The molecular weight excluding hydrogens is 266 g/mol. The second-order valence-corrected chi connectivity index (χ2v) is 5.61. The first-order valence-corrected chi connectivity index (χ1v) is 7.39. The number of nitrogen functional groups attached to an aromatic ring is 1. The summed E-state index contributed by atoms with van der Waals surface area (Å²) in [6.07, 6.45) is 7.82. The molecule has 6 nitrogen and oxygen atoms in total. The molecule has 112 valence electrons. The van der Waals surface area contributed by atoms with Crippen LogP contribution in [0.3, 0.4) is 0 Å². The topological polar surface area (TPSA) is 79.9 Å². The van der Waals surface area contributed by atoms with Gasteiger partial charge in [0.2, 0.25) is 0 Å². The summed E-state index contributed by atoms with van der Waals surface area (Å²) in [6.45, 7) is 0.757. The number of amides is 1. The lowest BCUT2D eigenvalue weighted by Crippen LogP contribution is -2.36. The molecule has 3 heterocycles. The van der Waals surface area contributed by atoms with Gasteiger partial charge in [-0.3, -0.25) is 9.89 Å². The molecule has 1 unspecified atom stereocenters. The van der Waals surface area contributed by atoms with Gasteiger partial charge >= 0.3 is 0 Å². The zero-order valence-electron chi connectivity index (χ0n) is 12.2. The molecule has 0 aliphatic carbocycles. The van der Waals surface area contributed by atoms with Crippen molar-refractivity contribution in [2.75, 3.05) is 12.3 Å². The third kappa shape index (κ3) is 2.53. The normalized spacial score (nSPS) is 19.5. The molecule has 6 heteroatoms. The Balaban J connectivity index is 1.94. The molecule has 3 N–H and O–H groups in total. The van der Waals surface area contributed by atoms with Crippen LogP contribution in [0.25, 0.3) is 0 Å². The summed E-state index contributed by atoms with van der Waals surface area (Å²) in [5.74, 6) is -0.0573. The van der Waals surface area contributed by atoms with Crippen LogP contribution in [-0.2, 0) is 7.05 Å². The molecule has 0 bridgehead atoms. The number of likely N-dealkylation sites (tertiary alicyclic amines) is 1. The number of aromatic nitrogens is 3. The molecule has 0 spiro atoms. The SMILES string of the molecule is Cn1cccc1C1CCCCCN1C(=O)c1[nH]ncc1N. The van der Waals surface area contributed by atoms with Crippen LogP contribution >= 0.6 is 0 Å². The Kier molecular flexibility index (Phi) is 3.68. The number of carbonyl (C=O) groups excluding carboxylic acids is 1. The van der Waals surface area contributed by atoms with Gasteiger partial charge in [0.15, 0.2) is 0 Å². The van der Waals surface area contributed by atoms with E-state index in [-0.39, 0.29) is 11.9 Å². The third-order valence-electron chi connectivity index (χ3n) is 4.22. The Labute approximate surface area is 123 Å². The molecule has 1 atom stereocenters. The van der Waals surface area contributed by atoms with Gasteiger partial charge in [0, 0.05) is 25.5 Å². The standard InChI is InChI=1S/C15H21N5O/c1-19-8-5-7-12(19)13-6-3-2-4-9-20(13)15(21)14-11(16)10-17-18-14/h5,7-8,10,13H,2-4,6,9,16H2,1H3,(H,17,18). The van der Waals surface area contributed by atoms with Crippen molar-refractivity contribution in [3.63, 3.8) is 0 Å². The van der Waals surface area contributed by atoms with Gasteiger partial charge in [-0.1, -0.05) is 12.8 Å². The molecule has 1 saturated heterocycles. The van der Waals surface area contributed by atoms with E-state index < -0.39 is 0 Å². The highest BCUT2D eigenvalue weighted by atomic mass is 16.2. The van der Waals surface area contributed by atoms with Crippen molar-refractivity contribution in [1.82, 2.24) is 19.7 Å². The molecule has 1 aliphatic heterocycles. The van der Waals surface area contributed by atoms with Crippen molar-refractivity contribution < 1.29 is 4.79 Å². The highest BCUT2D eigenvalue weighted by Crippen LogP contribution is 2.31. The molecule has 2 aromatic rings. The Morgan fingerprint density at radius 1 is 1.43 bits per heavy atom. The third-order valence-corrected chi connectivity index (χ3v) is 4.22. The fourth-order valence-corrected chi connectivity index (χ4v) is 3.09. The van der Waals surface area contributed by atoms with Gasteiger partial charge in [0.1, 0.15) is 5.69 Å². The summed E-state index contributed by atoms with van der Waals surface area (Å²) in [7, 11) is 2.02. The minimum absolute atomic E-state index is 0.0573. The Bertz CT molecular complexity index is 630. The number of hydrogen-bond donors (Lipinski definition) is 2. The molecule has 1 aliphatic rings. The fourth-order valence-electron chi connectivity index (χ4n) is 3.09. The van der Waals surface area contributed by atoms with Crippen LogP contribution in [0.15, 0.2) is 24.5 Å². The summed E-state index contributed by atoms with van der Waals surface area (Å²) >= 11 is 0. The van der Waals surface area contributed by atoms with Crippen LogP contribution in [0.4, 0.5) is 5.69 Å². The van der Waals surface area contributed by atoms with E-state index in [9.17, 15) is 4.79 Å². The molecule has 2 aromatic heterocycles. The van der Waals surface area contributed by atoms with Gasteiger partial charge in [0.05, 0.1) is 17.9 Å². The van der Waals surface area contributed by atoms with Gasteiger partial charge in [0.25, 0.3) is 5.91 Å². The molecule has 21 heavy (non-hydrogen) atoms. The van der Waals surface area contributed by atoms with Gasteiger partial charge in [-0.05, 0) is 25.0 Å². The van der Waals surface area contributed by atoms with E-state index in [4.69, 9.17) is 5.73 Å². The van der Waals surface area contributed by atoms with Crippen LogP contribution < -0.4 is 5.73 Å². The van der Waals surface area contributed by atoms with E-state index in [2.05, 4.69) is 20.8 Å². The number of aromatic amines is 1. The Morgan fingerprint density at radius 2 is 2.29 bits per heavy atom. The number of H-pyrrole nitrogens is 1. The Morgan fingerprint density at radius 3 is 2.95 bits per heavy atom. The molecular formula is C15H21N5O. The van der Waals surface area contributed by atoms with Crippen LogP contribution in [0.2, 0.25) is 0 Å². The number of rotatable bonds is 2. The number of carbonyl (C=O) groups is 1. The van der Waals surface area contributed by atoms with Gasteiger partial charge < -0.3 is 15.2 Å². The summed E-state index contributed by atoms with van der Waals surface area (Å²) in [4.78, 5) is 14.8. The highest BCUT2D eigenvalue weighted by molar-refractivity contribution is 5.97. The maximum absolute atomic E-state index is 12.8. The summed E-state index contributed by atoms with van der Waals surface area (Å²) in [5.41, 5.74) is 7.82. The van der Waals surface area contributed by atoms with E-state index >= 15 is 0 Å². The van der Waals surface area contributed by atoms with Crippen molar-refractivity contribution in [3.8, 4) is 0 Å². The lowest BCUT2D eigenvalue weighted by atomic mass is 10.1. The fraction of sp³-hybridized carbons (Fsp3) is 0.467. The van der Waals surface area contributed by atoms with Crippen LogP contribution in [-0.4, -0.2) is 32.1 Å². The first kappa shape index (κ1) is 13.7. The van der Waals surface area contributed by atoms with Crippen molar-refractivity contribution in [3.05, 3.63) is 35.9 Å². The molecule has 1 fully saturated rings. The molecule has 1 amide bonds. The van der Waals surface area contributed by atoms with E-state index in [0.717, 1.165) is 32.2 Å². The van der Waals surface area contributed by atoms with E-state index in [1.807, 2.05) is 24.2 Å². The summed E-state index contributed by atoms with van der Waals surface area (Å²) in [6, 6.07) is 4.21. The molecule has 3 rings (SSSR count). The van der Waals surface area contributed by atoms with E-state index in [1.54, 1.807) is 0 Å². The number of hydrogen-bond acceptors (Lipinski definition) is 3. The summed E-state index contributed by atoms with van der Waals surface area (Å²) in [5, 5.41) is 6.59. The van der Waals surface area contributed by atoms with Crippen LogP contribution in [0.1, 0.15) is 47.9 Å². The van der Waals surface area contributed by atoms with Gasteiger partial charge in [-0.2, -0.15) is 5.10 Å². The van der Waals surface area contributed by atoms with Crippen LogP contribution in [0, 0.1) is 0 Å². The van der Waals surface area contributed by atoms with Crippen molar-refractivity contribution in [2.24, 2.45) is 7.05 Å². The van der Waals surface area contributed by atoms with Gasteiger partial charge in [-0.25, -0.2) is 0 Å². The lowest BCUT2D eigenvalue weighted by Gasteiger charge is -2.30. The van der Waals surface area contributed by atoms with Crippen molar-refractivity contribution >= 4 is 11.6 Å². The predicted molar refractivity (Wildman–Crippen MR) is 80.7 cm³/mol. The van der Waals surface area contributed by atoms with E-state index in [1.165, 1.54) is 11.9 Å². The minimum atomic E-state index is -0.0573. The number of anilines is 1. The first-order valence-electron chi connectivity index (χ1n) is 7.39. The summed E-state index contributed by atoms with van der Waals surface area (Å²) < 4.78 is 2.09. The molecule has 0 aromatic carbocycles. The van der Waals surface area contributed by atoms with Crippen LogP contribution in [0.5, 0.6) is 0 Å². The number of aryl methyl sites for hydroxylation is 1. The van der Waals surface area contributed by atoms with Gasteiger partial charge in [-0.15, -0.1) is 0 Å². The average molecular weight is 287 g/mol. The maximum Gasteiger partial charge on any atom is 0.274 e. The largest absolute Gasteiger partial charge is 0.396 e. The number of nitrogens with zero attached hydrogens (tertiary/aromatic N) is 3. The second-order valence-electron chi connectivity index (χ2n) is 5.61. The zero-order chi connectivity index (χ0) is 14.8.